The third-order valence-electron chi connectivity index (χ3n) is 3.65. The summed E-state index contributed by atoms with van der Waals surface area (Å²) in [6, 6.07) is 1.81. The van der Waals surface area contributed by atoms with Gasteiger partial charge in [0.15, 0.2) is 0 Å². The molecule has 1 aliphatic rings. The number of aromatic nitrogens is 2. The predicted molar refractivity (Wildman–Crippen MR) is 79.0 cm³/mol. The largest absolute Gasteiger partial charge is 0.384 e. The van der Waals surface area contributed by atoms with Crippen LogP contribution in [-0.4, -0.2) is 27.5 Å². The number of hydrogen-bond acceptors (Lipinski definition) is 5. The number of anilines is 2. The summed E-state index contributed by atoms with van der Waals surface area (Å²) in [7, 11) is 0. The first-order chi connectivity index (χ1) is 8.63. The van der Waals surface area contributed by atoms with Crippen LogP contribution in [0, 0.1) is 6.92 Å². The summed E-state index contributed by atoms with van der Waals surface area (Å²) in [5, 5.41) is 3.44. The lowest BCUT2D eigenvalue weighted by molar-refractivity contribution is 0.411. The van der Waals surface area contributed by atoms with Crippen molar-refractivity contribution in [3.05, 3.63) is 11.9 Å². The zero-order valence-electron chi connectivity index (χ0n) is 11.2. The van der Waals surface area contributed by atoms with Gasteiger partial charge in [-0.25, -0.2) is 9.97 Å². The summed E-state index contributed by atoms with van der Waals surface area (Å²) in [5.74, 6) is 2.10. The quantitative estimate of drug-likeness (QED) is 0.877. The van der Waals surface area contributed by atoms with Crippen LogP contribution < -0.4 is 11.1 Å². The highest BCUT2D eigenvalue weighted by Crippen LogP contribution is 2.38. The van der Waals surface area contributed by atoms with E-state index in [9.17, 15) is 0 Å². The van der Waals surface area contributed by atoms with Crippen molar-refractivity contribution in [3.63, 3.8) is 0 Å². The van der Waals surface area contributed by atoms with E-state index in [0.29, 0.717) is 10.6 Å². The fourth-order valence-corrected chi connectivity index (χ4v) is 3.50. The molecule has 1 fully saturated rings. The minimum Gasteiger partial charge on any atom is -0.384 e. The first-order valence-corrected chi connectivity index (χ1v) is 7.76. The molecule has 0 aliphatic heterocycles. The first-order valence-electron chi connectivity index (χ1n) is 6.54. The van der Waals surface area contributed by atoms with E-state index in [4.69, 9.17) is 5.73 Å². The van der Waals surface area contributed by atoms with Crippen molar-refractivity contribution in [3.8, 4) is 0 Å². The summed E-state index contributed by atoms with van der Waals surface area (Å²) in [5.41, 5.74) is 5.74. The normalized spacial score (nSPS) is 18.6. The first kappa shape index (κ1) is 13.5. The van der Waals surface area contributed by atoms with Gasteiger partial charge in [0.2, 0.25) is 0 Å². The molecule has 0 amide bonds. The highest BCUT2D eigenvalue weighted by molar-refractivity contribution is 8.00. The van der Waals surface area contributed by atoms with Gasteiger partial charge in [-0.05, 0) is 26.0 Å². The number of hydrogen-bond donors (Lipinski definition) is 2. The number of nitrogens with one attached hydrogen (secondary N) is 1. The monoisotopic (exact) mass is 266 g/mol. The maximum Gasteiger partial charge on any atom is 0.131 e. The number of thioether (sulfide) groups is 1. The second kappa shape index (κ2) is 5.78. The number of nitrogens with two attached hydrogens (primary N) is 1. The molecular weight excluding hydrogens is 244 g/mol. The lowest BCUT2D eigenvalue weighted by Crippen LogP contribution is -2.35. The molecule has 1 aromatic heterocycles. The molecule has 0 spiro atoms. The van der Waals surface area contributed by atoms with Gasteiger partial charge in [0.1, 0.15) is 17.5 Å². The number of aryl methyl sites for hydroxylation is 1. The maximum atomic E-state index is 5.74. The Balaban J connectivity index is 2.00. The van der Waals surface area contributed by atoms with Crippen molar-refractivity contribution >= 4 is 23.4 Å². The van der Waals surface area contributed by atoms with E-state index in [2.05, 4.69) is 21.5 Å². The molecule has 1 heterocycles. The van der Waals surface area contributed by atoms with E-state index in [1.165, 1.54) is 32.1 Å². The molecule has 0 bridgehead atoms. The predicted octanol–water partition coefficient (Wildman–Crippen LogP) is 2.85. The fourth-order valence-electron chi connectivity index (χ4n) is 2.58. The van der Waals surface area contributed by atoms with Gasteiger partial charge in [-0.2, -0.15) is 11.8 Å². The van der Waals surface area contributed by atoms with Crippen molar-refractivity contribution in [2.45, 2.75) is 43.8 Å². The maximum absolute atomic E-state index is 5.74. The third-order valence-corrected chi connectivity index (χ3v) is 5.07. The molecule has 1 aliphatic carbocycles. The summed E-state index contributed by atoms with van der Waals surface area (Å²) in [4.78, 5) is 8.46. The van der Waals surface area contributed by atoms with E-state index in [-0.39, 0.29) is 0 Å². The lowest BCUT2D eigenvalue weighted by atomic mass is 9.88. The number of nitrogen functional groups attached to an aromatic ring is 1. The summed E-state index contributed by atoms with van der Waals surface area (Å²) in [6.07, 6.45) is 8.86. The minimum atomic E-state index is 0.367. The van der Waals surface area contributed by atoms with Gasteiger partial charge < -0.3 is 11.1 Å². The van der Waals surface area contributed by atoms with Crippen LogP contribution in [0.2, 0.25) is 0 Å². The van der Waals surface area contributed by atoms with Crippen LogP contribution in [0.3, 0.4) is 0 Å². The van der Waals surface area contributed by atoms with Gasteiger partial charge in [0.05, 0.1) is 0 Å². The standard InChI is InChI=1S/C13H22N4S/c1-10-16-11(14)8-12(17-10)15-9-13(18-2)6-4-3-5-7-13/h8H,3-7,9H2,1-2H3,(H3,14,15,16,17). The molecule has 0 radical (unpaired) electrons. The zero-order chi connectivity index (χ0) is 13.0. The van der Waals surface area contributed by atoms with Crippen LogP contribution in [0.15, 0.2) is 6.07 Å². The van der Waals surface area contributed by atoms with E-state index in [0.717, 1.165) is 18.2 Å². The van der Waals surface area contributed by atoms with Crippen molar-refractivity contribution in [1.82, 2.24) is 9.97 Å². The van der Waals surface area contributed by atoms with Crippen molar-refractivity contribution < 1.29 is 0 Å². The van der Waals surface area contributed by atoms with E-state index >= 15 is 0 Å². The summed E-state index contributed by atoms with van der Waals surface area (Å²) < 4.78 is 0.367. The Morgan fingerprint density at radius 2 is 2.06 bits per heavy atom. The van der Waals surface area contributed by atoms with Gasteiger partial charge in [-0.3, -0.25) is 0 Å². The fraction of sp³-hybridized carbons (Fsp3) is 0.692. The molecule has 0 atom stereocenters. The molecule has 3 N–H and O–H groups in total. The van der Waals surface area contributed by atoms with Gasteiger partial charge in [-0.15, -0.1) is 0 Å². The SMILES string of the molecule is CSC1(CNc2cc(N)nc(C)n2)CCCCC1. The highest BCUT2D eigenvalue weighted by Gasteiger charge is 2.30. The molecule has 0 unspecified atom stereocenters. The van der Waals surface area contributed by atoms with Crippen LogP contribution in [0.25, 0.3) is 0 Å². The zero-order valence-corrected chi connectivity index (χ0v) is 12.0. The molecule has 4 nitrogen and oxygen atoms in total. The summed E-state index contributed by atoms with van der Waals surface area (Å²) in [6.45, 7) is 2.83. The average Bonchev–Trinajstić information content (AvgIpc) is 2.36. The van der Waals surface area contributed by atoms with Crippen molar-refractivity contribution in [2.75, 3.05) is 23.9 Å². The molecule has 1 aromatic rings. The van der Waals surface area contributed by atoms with Gasteiger partial charge in [-0.1, -0.05) is 19.3 Å². The Bertz CT molecular complexity index is 382. The van der Waals surface area contributed by atoms with Crippen LogP contribution in [0.5, 0.6) is 0 Å². The van der Waals surface area contributed by atoms with Gasteiger partial charge in [0, 0.05) is 17.4 Å². The number of nitrogens with zero attached hydrogens (tertiary/aromatic N) is 2. The molecule has 100 valence electrons. The minimum absolute atomic E-state index is 0.367. The van der Waals surface area contributed by atoms with Crippen LogP contribution in [0.1, 0.15) is 37.9 Å². The second-order valence-corrected chi connectivity index (χ2v) is 6.30. The molecular formula is C13H22N4S. The van der Waals surface area contributed by atoms with Crippen LogP contribution >= 0.6 is 11.8 Å². The van der Waals surface area contributed by atoms with Crippen LogP contribution in [0.4, 0.5) is 11.6 Å². The van der Waals surface area contributed by atoms with E-state index < -0.39 is 0 Å². The average molecular weight is 266 g/mol. The van der Waals surface area contributed by atoms with Gasteiger partial charge >= 0.3 is 0 Å². The van der Waals surface area contributed by atoms with E-state index in [1.54, 1.807) is 0 Å². The molecule has 5 heteroatoms. The molecule has 0 saturated heterocycles. The van der Waals surface area contributed by atoms with Gasteiger partial charge in [0.25, 0.3) is 0 Å². The second-order valence-electron chi connectivity index (χ2n) is 5.03. The van der Waals surface area contributed by atoms with Crippen molar-refractivity contribution in [1.29, 1.82) is 0 Å². The number of rotatable bonds is 4. The Kier molecular flexibility index (Phi) is 4.32. The molecule has 18 heavy (non-hydrogen) atoms. The van der Waals surface area contributed by atoms with E-state index in [1.807, 2.05) is 24.8 Å². The molecule has 0 aromatic carbocycles. The Labute approximate surface area is 113 Å². The van der Waals surface area contributed by atoms with Crippen LogP contribution in [-0.2, 0) is 0 Å². The van der Waals surface area contributed by atoms with Crippen molar-refractivity contribution in [2.24, 2.45) is 0 Å². The Morgan fingerprint density at radius 1 is 1.33 bits per heavy atom. The lowest BCUT2D eigenvalue weighted by Gasteiger charge is -2.36. The molecule has 1 saturated carbocycles. The smallest absolute Gasteiger partial charge is 0.131 e. The third kappa shape index (κ3) is 3.28. The molecule has 2 rings (SSSR count). The Hall–Kier alpha value is -0.970. The highest BCUT2D eigenvalue weighted by atomic mass is 32.2. The topological polar surface area (TPSA) is 63.8 Å². The Morgan fingerprint density at radius 3 is 2.67 bits per heavy atom. The summed E-state index contributed by atoms with van der Waals surface area (Å²) >= 11 is 1.98.